The van der Waals surface area contributed by atoms with Crippen molar-refractivity contribution in [1.29, 1.82) is 0 Å². The quantitative estimate of drug-likeness (QED) is 0.338. The maximum absolute atomic E-state index is 13.1. The molecule has 1 saturated heterocycles. The normalized spacial score (nSPS) is 14.4. The van der Waals surface area contributed by atoms with Crippen molar-refractivity contribution >= 4 is 32.5 Å². The lowest BCUT2D eigenvalue weighted by molar-refractivity contribution is 0.477. The van der Waals surface area contributed by atoms with Crippen LogP contribution in [0, 0.1) is 0 Å². The van der Waals surface area contributed by atoms with E-state index in [1.54, 1.807) is 65.6 Å². The molecule has 5 aromatic rings. The van der Waals surface area contributed by atoms with Gasteiger partial charge in [-0.3, -0.25) is 9.78 Å². The van der Waals surface area contributed by atoms with E-state index >= 15 is 0 Å². The molecule has 9 nitrogen and oxygen atoms in total. The molecule has 0 amide bonds. The van der Waals surface area contributed by atoms with E-state index in [4.69, 9.17) is 11.6 Å². The maximum atomic E-state index is 13.1. The van der Waals surface area contributed by atoms with Gasteiger partial charge in [-0.1, -0.05) is 17.7 Å². The molecule has 0 unspecified atom stereocenters. The Bertz CT molecular complexity index is 1810. The first kappa shape index (κ1) is 23.5. The second-order valence-electron chi connectivity index (χ2n) is 8.70. The first-order valence-electron chi connectivity index (χ1n) is 11.7. The summed E-state index contributed by atoms with van der Waals surface area (Å²) in [6, 6.07) is 16.9. The van der Waals surface area contributed by atoms with Gasteiger partial charge in [0.2, 0.25) is 15.5 Å². The summed E-state index contributed by atoms with van der Waals surface area (Å²) >= 11 is 6.14. The van der Waals surface area contributed by atoms with Gasteiger partial charge >= 0.3 is 0 Å². The lowest BCUT2D eigenvalue weighted by Crippen LogP contribution is -2.28. The van der Waals surface area contributed by atoms with Gasteiger partial charge in [0, 0.05) is 42.0 Å². The molecule has 37 heavy (non-hydrogen) atoms. The summed E-state index contributed by atoms with van der Waals surface area (Å²) in [5, 5.41) is 10.4. The summed E-state index contributed by atoms with van der Waals surface area (Å²) < 4.78 is 30.8. The fraction of sp³-hybridized carbons (Fsp3) is 0.154. The molecular formula is C26H21ClN6O3S. The number of pyridine rings is 1. The fourth-order valence-corrected chi connectivity index (χ4v) is 6.28. The summed E-state index contributed by atoms with van der Waals surface area (Å²) in [6.45, 7) is 1.04. The van der Waals surface area contributed by atoms with Gasteiger partial charge in [0.25, 0.3) is 0 Å². The number of fused-ring (bicyclic) bond motifs is 1. The topological polar surface area (TPSA) is 103 Å². The molecule has 0 atom stereocenters. The van der Waals surface area contributed by atoms with E-state index in [1.165, 1.54) is 21.3 Å². The third kappa shape index (κ3) is 4.22. The van der Waals surface area contributed by atoms with Gasteiger partial charge < -0.3 is 0 Å². The predicted molar refractivity (Wildman–Crippen MR) is 141 cm³/mol. The van der Waals surface area contributed by atoms with Crippen LogP contribution in [0.25, 0.3) is 33.7 Å². The monoisotopic (exact) mass is 532 g/mol. The molecule has 11 heteroatoms. The average molecular weight is 533 g/mol. The molecule has 4 heterocycles. The lowest BCUT2D eigenvalue weighted by atomic mass is 10.2. The Labute approximate surface area is 217 Å². The average Bonchev–Trinajstić information content (AvgIpc) is 3.62. The number of benzene rings is 2. The molecule has 186 valence electrons. The van der Waals surface area contributed by atoms with Crippen molar-refractivity contribution in [3.8, 4) is 22.8 Å². The zero-order valence-corrected chi connectivity index (χ0v) is 21.1. The van der Waals surface area contributed by atoms with Crippen molar-refractivity contribution in [2.45, 2.75) is 17.7 Å². The highest BCUT2D eigenvalue weighted by Crippen LogP contribution is 2.27. The summed E-state index contributed by atoms with van der Waals surface area (Å²) in [4.78, 5) is 17.5. The van der Waals surface area contributed by atoms with Crippen molar-refractivity contribution in [2.75, 3.05) is 13.1 Å². The lowest BCUT2D eigenvalue weighted by Gasteiger charge is -2.16. The second-order valence-corrected chi connectivity index (χ2v) is 11.1. The molecule has 0 N–H and O–H groups in total. The van der Waals surface area contributed by atoms with Crippen molar-refractivity contribution in [3.63, 3.8) is 0 Å². The number of sulfonamides is 1. The van der Waals surface area contributed by atoms with Gasteiger partial charge in [0.15, 0.2) is 5.69 Å². The smallest absolute Gasteiger partial charge is 0.243 e. The predicted octanol–water partition coefficient (Wildman–Crippen LogP) is 4.07. The van der Waals surface area contributed by atoms with Crippen LogP contribution in [0.4, 0.5) is 0 Å². The molecular weight excluding hydrogens is 512 g/mol. The number of hydrogen-bond acceptors (Lipinski definition) is 6. The van der Waals surface area contributed by atoms with E-state index in [0.29, 0.717) is 35.0 Å². The van der Waals surface area contributed by atoms with E-state index in [0.717, 1.165) is 23.9 Å². The Kier molecular flexibility index (Phi) is 5.86. The number of nitrogens with zero attached hydrogens (tertiary/aromatic N) is 6. The first-order chi connectivity index (χ1) is 17.9. The molecule has 1 fully saturated rings. The minimum atomic E-state index is -3.60. The third-order valence-electron chi connectivity index (χ3n) is 6.39. The molecule has 0 saturated carbocycles. The zero-order valence-electron chi connectivity index (χ0n) is 19.5. The van der Waals surface area contributed by atoms with Crippen LogP contribution in [0.15, 0.2) is 88.9 Å². The van der Waals surface area contributed by atoms with Crippen LogP contribution >= 0.6 is 11.6 Å². The third-order valence-corrected chi connectivity index (χ3v) is 8.52. The molecule has 2 aromatic carbocycles. The van der Waals surface area contributed by atoms with Gasteiger partial charge in [-0.25, -0.2) is 17.8 Å². The second kappa shape index (κ2) is 9.22. The van der Waals surface area contributed by atoms with Crippen molar-refractivity contribution in [3.05, 3.63) is 94.5 Å². The highest BCUT2D eigenvalue weighted by atomic mass is 35.5. The minimum Gasteiger partial charge on any atom is -0.287 e. The van der Waals surface area contributed by atoms with Crippen molar-refractivity contribution in [1.82, 2.24) is 28.9 Å². The SMILES string of the molecule is O=c1ccn(-c2cccc(S(=O)(=O)N3CCCC3)c2)nc1-c1ccnn1-c1ccnc2cc(Cl)ccc12. The molecule has 0 bridgehead atoms. The Hall–Kier alpha value is -3.86. The molecule has 0 radical (unpaired) electrons. The highest BCUT2D eigenvalue weighted by molar-refractivity contribution is 7.89. The summed E-state index contributed by atoms with van der Waals surface area (Å²) in [7, 11) is -3.60. The standard InChI is InChI=1S/C26H21ClN6O3S/c27-18-6-7-21-22(16-18)28-11-8-23(21)33-24(9-12-29-33)26-25(34)10-15-32(30-26)19-4-3-5-20(17-19)37(35,36)31-13-1-2-14-31/h3-12,15-17H,1-2,13-14H2. The van der Waals surface area contributed by atoms with Crippen LogP contribution in [0.1, 0.15) is 12.8 Å². The van der Waals surface area contributed by atoms with Gasteiger partial charge in [-0.05, 0) is 61.4 Å². The molecule has 0 spiro atoms. The van der Waals surface area contributed by atoms with Gasteiger partial charge in [0.05, 0.1) is 33.7 Å². The zero-order chi connectivity index (χ0) is 25.6. The Morgan fingerprint density at radius 1 is 0.919 bits per heavy atom. The molecule has 0 aliphatic carbocycles. The minimum absolute atomic E-state index is 0.173. The van der Waals surface area contributed by atoms with Crippen LogP contribution in [0.5, 0.6) is 0 Å². The Morgan fingerprint density at radius 3 is 2.59 bits per heavy atom. The Morgan fingerprint density at radius 2 is 1.76 bits per heavy atom. The van der Waals surface area contributed by atoms with Gasteiger partial charge in [-0.15, -0.1) is 0 Å². The summed E-state index contributed by atoms with van der Waals surface area (Å²) in [5.41, 5.74) is 2.31. The van der Waals surface area contributed by atoms with Gasteiger partial charge in [0.1, 0.15) is 0 Å². The van der Waals surface area contributed by atoms with E-state index in [1.807, 2.05) is 6.07 Å². The number of hydrogen-bond donors (Lipinski definition) is 0. The fourth-order valence-electron chi connectivity index (χ4n) is 4.56. The molecule has 6 rings (SSSR count). The molecule has 1 aliphatic heterocycles. The van der Waals surface area contributed by atoms with Crippen LogP contribution in [0.3, 0.4) is 0 Å². The van der Waals surface area contributed by atoms with E-state index < -0.39 is 10.0 Å². The molecule has 1 aliphatic rings. The van der Waals surface area contributed by atoms with E-state index in [-0.39, 0.29) is 16.0 Å². The van der Waals surface area contributed by atoms with Crippen LogP contribution in [0.2, 0.25) is 5.02 Å². The number of halogens is 1. The number of rotatable bonds is 5. The maximum Gasteiger partial charge on any atom is 0.243 e. The molecule has 3 aromatic heterocycles. The van der Waals surface area contributed by atoms with Crippen molar-refractivity contribution in [2.24, 2.45) is 0 Å². The summed E-state index contributed by atoms with van der Waals surface area (Å²) in [6.07, 6.45) is 6.49. The highest BCUT2D eigenvalue weighted by Gasteiger charge is 2.27. The van der Waals surface area contributed by atoms with E-state index in [2.05, 4.69) is 15.2 Å². The van der Waals surface area contributed by atoms with Crippen molar-refractivity contribution < 1.29 is 8.42 Å². The number of aromatic nitrogens is 5. The van der Waals surface area contributed by atoms with Crippen LogP contribution in [-0.4, -0.2) is 50.4 Å². The van der Waals surface area contributed by atoms with E-state index in [9.17, 15) is 13.2 Å². The van der Waals surface area contributed by atoms with Crippen LogP contribution in [-0.2, 0) is 10.0 Å². The Balaban J connectivity index is 1.44. The van der Waals surface area contributed by atoms with Gasteiger partial charge in [-0.2, -0.15) is 14.5 Å². The largest absolute Gasteiger partial charge is 0.287 e. The van der Waals surface area contributed by atoms with Crippen LogP contribution < -0.4 is 5.43 Å². The summed E-state index contributed by atoms with van der Waals surface area (Å²) in [5.74, 6) is 0. The first-order valence-corrected chi connectivity index (χ1v) is 13.5.